The Labute approximate surface area is 207 Å². The van der Waals surface area contributed by atoms with Gasteiger partial charge in [-0.3, -0.25) is 10.1 Å². The zero-order chi connectivity index (χ0) is 24.0. The molecule has 1 saturated heterocycles. The molecule has 1 amide bonds. The quantitative estimate of drug-likeness (QED) is 0.503. The molecule has 11 heteroatoms. The molecule has 2 N–H and O–H groups in total. The molecule has 3 rings (SSSR count). The van der Waals surface area contributed by atoms with Gasteiger partial charge in [0, 0.05) is 23.2 Å². The Hall–Kier alpha value is -2.05. The van der Waals surface area contributed by atoms with E-state index in [4.69, 9.17) is 21.7 Å². The van der Waals surface area contributed by atoms with Crippen LogP contribution in [0.4, 0.5) is 5.69 Å². The number of sulfonamides is 1. The number of halogens is 1. The highest BCUT2D eigenvalue weighted by atomic mass is 79.9. The lowest BCUT2D eigenvalue weighted by Gasteiger charge is -2.26. The van der Waals surface area contributed by atoms with E-state index in [2.05, 4.69) is 26.6 Å². The van der Waals surface area contributed by atoms with Gasteiger partial charge in [-0.2, -0.15) is 4.31 Å². The van der Waals surface area contributed by atoms with Crippen LogP contribution in [0.5, 0.6) is 5.75 Å². The van der Waals surface area contributed by atoms with Crippen LogP contribution in [-0.2, 0) is 14.8 Å². The van der Waals surface area contributed by atoms with Crippen molar-refractivity contribution in [3.05, 3.63) is 52.5 Å². The third-order valence-corrected chi connectivity index (χ3v) is 7.32. The van der Waals surface area contributed by atoms with E-state index in [9.17, 15) is 13.2 Å². The Morgan fingerprint density at radius 2 is 1.85 bits per heavy atom. The maximum Gasteiger partial charge on any atom is 0.261 e. The molecule has 0 unspecified atom stereocenters. The molecule has 8 nitrogen and oxygen atoms in total. The van der Waals surface area contributed by atoms with E-state index in [0.717, 1.165) is 4.47 Å². The van der Waals surface area contributed by atoms with Crippen molar-refractivity contribution in [1.82, 2.24) is 9.62 Å². The SMILES string of the molecule is CC(C)COc1ccc(Br)cc1C(=O)NC(=S)Nc1ccc(S(=O)(=O)N2CCOCC2)cc1. The second-order valence-electron chi connectivity index (χ2n) is 7.79. The summed E-state index contributed by atoms with van der Waals surface area (Å²) in [5.41, 5.74) is 0.896. The second kappa shape index (κ2) is 11.4. The van der Waals surface area contributed by atoms with Crippen LogP contribution in [0, 0.1) is 5.92 Å². The molecule has 0 atom stereocenters. The van der Waals surface area contributed by atoms with Crippen LogP contribution in [0.3, 0.4) is 0 Å². The number of nitrogens with zero attached hydrogens (tertiary/aromatic N) is 1. The highest BCUT2D eigenvalue weighted by Crippen LogP contribution is 2.24. The molecule has 0 saturated carbocycles. The molecule has 0 spiro atoms. The molecule has 1 aliphatic rings. The zero-order valence-corrected chi connectivity index (χ0v) is 21.6. The van der Waals surface area contributed by atoms with Crippen molar-refractivity contribution in [3.8, 4) is 5.75 Å². The Kier molecular flexibility index (Phi) is 8.82. The minimum atomic E-state index is -3.58. The number of carbonyl (C=O) groups is 1. The van der Waals surface area contributed by atoms with Crippen molar-refractivity contribution in [3.63, 3.8) is 0 Å². The number of carbonyl (C=O) groups excluding carboxylic acids is 1. The number of ether oxygens (including phenoxy) is 2. The third-order valence-electron chi connectivity index (χ3n) is 4.71. The first kappa shape index (κ1) is 25.6. The first-order chi connectivity index (χ1) is 15.7. The number of benzene rings is 2. The normalized spacial score (nSPS) is 14.7. The van der Waals surface area contributed by atoms with Gasteiger partial charge in [-0.05, 0) is 60.6 Å². The van der Waals surface area contributed by atoms with Crippen LogP contribution in [0.1, 0.15) is 24.2 Å². The van der Waals surface area contributed by atoms with Crippen molar-refractivity contribution >= 4 is 54.9 Å². The average Bonchev–Trinajstić information content (AvgIpc) is 2.79. The number of amides is 1. The molecule has 0 radical (unpaired) electrons. The first-order valence-electron chi connectivity index (χ1n) is 10.4. The van der Waals surface area contributed by atoms with Gasteiger partial charge in [-0.1, -0.05) is 29.8 Å². The number of hydrogen-bond acceptors (Lipinski definition) is 6. The number of nitrogens with one attached hydrogen (secondary N) is 2. The fourth-order valence-electron chi connectivity index (χ4n) is 3.04. The molecule has 2 aromatic carbocycles. The predicted octanol–water partition coefficient (Wildman–Crippen LogP) is 3.63. The van der Waals surface area contributed by atoms with Crippen LogP contribution in [0.25, 0.3) is 0 Å². The van der Waals surface area contributed by atoms with Crippen molar-refractivity contribution < 1.29 is 22.7 Å². The lowest BCUT2D eigenvalue weighted by atomic mass is 10.2. The van der Waals surface area contributed by atoms with Crippen LogP contribution in [0.15, 0.2) is 51.8 Å². The summed E-state index contributed by atoms with van der Waals surface area (Å²) in [5.74, 6) is 0.353. The van der Waals surface area contributed by atoms with E-state index >= 15 is 0 Å². The number of rotatable bonds is 7. The standard InChI is InChI=1S/C22H26BrN3O5S2/c1-15(2)14-31-20-8-3-16(23)13-19(20)21(27)25-22(32)24-17-4-6-18(7-5-17)33(28,29)26-9-11-30-12-10-26/h3-8,13,15H,9-12,14H2,1-2H3,(H2,24,25,27,32). The summed E-state index contributed by atoms with van der Waals surface area (Å²) in [6, 6.07) is 11.4. The van der Waals surface area contributed by atoms with Crippen LogP contribution >= 0.6 is 28.1 Å². The molecule has 0 bridgehead atoms. The Morgan fingerprint density at radius 3 is 2.48 bits per heavy atom. The smallest absolute Gasteiger partial charge is 0.261 e. The summed E-state index contributed by atoms with van der Waals surface area (Å²) in [7, 11) is -3.58. The topological polar surface area (TPSA) is 97.0 Å². The summed E-state index contributed by atoms with van der Waals surface area (Å²) in [5, 5.41) is 5.62. The van der Waals surface area contributed by atoms with Crippen molar-refractivity contribution in [1.29, 1.82) is 0 Å². The second-order valence-corrected chi connectivity index (χ2v) is 11.1. The molecule has 1 heterocycles. The lowest BCUT2D eigenvalue weighted by molar-refractivity contribution is 0.0730. The predicted molar refractivity (Wildman–Crippen MR) is 134 cm³/mol. The van der Waals surface area contributed by atoms with E-state index in [1.807, 2.05) is 13.8 Å². The molecule has 178 valence electrons. The van der Waals surface area contributed by atoms with Gasteiger partial charge in [0.2, 0.25) is 10.0 Å². The average molecular weight is 557 g/mol. The highest BCUT2D eigenvalue weighted by molar-refractivity contribution is 9.10. The Morgan fingerprint density at radius 1 is 1.18 bits per heavy atom. The molecular formula is C22H26BrN3O5S2. The monoisotopic (exact) mass is 555 g/mol. The molecule has 0 aromatic heterocycles. The van der Waals surface area contributed by atoms with Gasteiger partial charge in [-0.25, -0.2) is 8.42 Å². The summed E-state index contributed by atoms with van der Waals surface area (Å²) < 4.78 is 38.6. The molecule has 1 aliphatic heterocycles. The first-order valence-corrected chi connectivity index (χ1v) is 13.0. The minimum absolute atomic E-state index is 0.0820. The summed E-state index contributed by atoms with van der Waals surface area (Å²) in [4.78, 5) is 13.0. The van der Waals surface area contributed by atoms with E-state index in [1.165, 1.54) is 16.4 Å². The van der Waals surface area contributed by atoms with Gasteiger partial charge in [0.15, 0.2) is 5.11 Å². The van der Waals surface area contributed by atoms with E-state index in [0.29, 0.717) is 55.8 Å². The molecule has 0 aliphatic carbocycles. The maximum atomic E-state index is 12.8. The van der Waals surface area contributed by atoms with Gasteiger partial charge in [0.1, 0.15) is 5.75 Å². The Balaban J connectivity index is 1.64. The van der Waals surface area contributed by atoms with Gasteiger partial charge < -0.3 is 14.8 Å². The summed E-state index contributed by atoms with van der Waals surface area (Å²) in [6.45, 7) is 5.95. The van der Waals surface area contributed by atoms with E-state index < -0.39 is 15.9 Å². The summed E-state index contributed by atoms with van der Waals surface area (Å²) >= 11 is 8.64. The van der Waals surface area contributed by atoms with Crippen LogP contribution < -0.4 is 15.4 Å². The Bertz CT molecular complexity index is 1100. The van der Waals surface area contributed by atoms with Gasteiger partial charge in [0.05, 0.1) is 30.3 Å². The van der Waals surface area contributed by atoms with E-state index in [1.54, 1.807) is 30.3 Å². The van der Waals surface area contributed by atoms with Gasteiger partial charge >= 0.3 is 0 Å². The summed E-state index contributed by atoms with van der Waals surface area (Å²) in [6.07, 6.45) is 0. The number of thiocarbonyl (C=S) groups is 1. The maximum absolute atomic E-state index is 12.8. The number of hydrogen-bond donors (Lipinski definition) is 2. The lowest BCUT2D eigenvalue weighted by Crippen LogP contribution is -2.40. The van der Waals surface area contributed by atoms with Crippen LogP contribution in [0.2, 0.25) is 0 Å². The fraction of sp³-hybridized carbons (Fsp3) is 0.364. The van der Waals surface area contributed by atoms with Crippen molar-refractivity contribution in [2.24, 2.45) is 5.92 Å². The van der Waals surface area contributed by atoms with Crippen molar-refractivity contribution in [2.45, 2.75) is 18.7 Å². The van der Waals surface area contributed by atoms with Gasteiger partial charge in [-0.15, -0.1) is 0 Å². The number of anilines is 1. The molecule has 1 fully saturated rings. The van der Waals surface area contributed by atoms with E-state index in [-0.39, 0.29) is 10.0 Å². The third kappa shape index (κ3) is 6.97. The largest absolute Gasteiger partial charge is 0.492 e. The fourth-order valence-corrected chi connectivity index (χ4v) is 5.02. The highest BCUT2D eigenvalue weighted by Gasteiger charge is 2.26. The minimum Gasteiger partial charge on any atom is -0.492 e. The van der Waals surface area contributed by atoms with Crippen molar-refractivity contribution in [2.75, 3.05) is 38.2 Å². The van der Waals surface area contributed by atoms with Gasteiger partial charge in [0.25, 0.3) is 5.91 Å². The zero-order valence-electron chi connectivity index (χ0n) is 18.3. The molecular weight excluding hydrogens is 530 g/mol. The molecule has 33 heavy (non-hydrogen) atoms. The molecule has 2 aromatic rings. The number of morpholine rings is 1. The van der Waals surface area contributed by atoms with Crippen LogP contribution in [-0.4, -0.2) is 56.7 Å².